The maximum Gasteiger partial charge on any atom is 0.250 e. The summed E-state index contributed by atoms with van der Waals surface area (Å²) in [7, 11) is 0. The van der Waals surface area contributed by atoms with Crippen molar-refractivity contribution in [3.8, 4) is 11.3 Å². The topological polar surface area (TPSA) is 83.1 Å². The minimum absolute atomic E-state index is 0.0881. The van der Waals surface area contributed by atoms with E-state index in [4.69, 9.17) is 4.74 Å². The second-order valence-electron chi connectivity index (χ2n) is 8.27. The number of nitrogens with zero attached hydrogens (tertiary/aromatic N) is 3. The average molecular weight is 502 g/mol. The quantitative estimate of drug-likeness (QED) is 0.352. The number of pyridine rings is 1. The summed E-state index contributed by atoms with van der Waals surface area (Å²) in [6.45, 7) is 3.60. The summed E-state index contributed by atoms with van der Waals surface area (Å²) >= 11 is 3.51. The predicted molar refractivity (Wildman–Crippen MR) is 140 cm³/mol. The molecule has 35 heavy (non-hydrogen) atoms. The van der Waals surface area contributed by atoms with Crippen LogP contribution in [0.2, 0.25) is 0 Å². The molecule has 4 aromatic rings. The number of fused-ring (bicyclic) bond motifs is 2. The fourth-order valence-electron chi connectivity index (χ4n) is 4.22. The van der Waals surface area contributed by atoms with Crippen molar-refractivity contribution in [1.29, 1.82) is 0 Å². The molecule has 0 radical (unpaired) electrons. The number of hydrogen-bond acceptors (Lipinski definition) is 8. The van der Waals surface area contributed by atoms with Crippen molar-refractivity contribution < 1.29 is 4.74 Å². The van der Waals surface area contributed by atoms with Crippen LogP contribution < -0.4 is 15.8 Å². The Morgan fingerprint density at radius 3 is 2.77 bits per heavy atom. The predicted octanol–water partition coefficient (Wildman–Crippen LogP) is 4.90. The van der Waals surface area contributed by atoms with Crippen LogP contribution in [-0.2, 0) is 11.3 Å². The van der Waals surface area contributed by atoms with Crippen molar-refractivity contribution in [3.63, 3.8) is 0 Å². The first kappa shape index (κ1) is 22.2. The van der Waals surface area contributed by atoms with Crippen molar-refractivity contribution in [2.75, 3.05) is 36.5 Å². The van der Waals surface area contributed by atoms with Crippen LogP contribution in [0.4, 0.5) is 11.4 Å². The molecule has 4 heterocycles. The maximum atomic E-state index is 12.6. The van der Waals surface area contributed by atoms with Crippen LogP contribution >= 0.6 is 23.5 Å². The number of aromatic amines is 1. The number of aromatic nitrogens is 3. The van der Waals surface area contributed by atoms with Gasteiger partial charge in [-0.25, -0.2) is 9.97 Å². The van der Waals surface area contributed by atoms with E-state index in [0.29, 0.717) is 19.8 Å². The Kier molecular flexibility index (Phi) is 6.20. The first-order valence-corrected chi connectivity index (χ1v) is 13.1. The molecule has 176 valence electrons. The molecule has 0 amide bonds. The summed E-state index contributed by atoms with van der Waals surface area (Å²) in [4.78, 5) is 30.8. The minimum atomic E-state index is -0.0881. The van der Waals surface area contributed by atoms with Gasteiger partial charge < -0.3 is 19.9 Å². The molecule has 0 spiro atoms. The Morgan fingerprint density at radius 2 is 1.91 bits per heavy atom. The molecule has 0 bridgehead atoms. The number of hydrogen-bond donors (Lipinski definition) is 2. The summed E-state index contributed by atoms with van der Waals surface area (Å²) in [5.74, 6) is 0. The Hall–Kier alpha value is -3.27. The molecule has 2 aromatic carbocycles. The van der Waals surface area contributed by atoms with E-state index in [0.717, 1.165) is 41.4 Å². The molecule has 0 atom stereocenters. The molecule has 1 fully saturated rings. The lowest BCUT2D eigenvalue weighted by Crippen LogP contribution is -2.36. The SMILES string of the molecule is O=c1cc(N2CCOCC2)cc(-c2cccc3c2Sc2ccc(NCc4ccncn4)cc2S3)[nH]1. The molecule has 0 aliphatic carbocycles. The van der Waals surface area contributed by atoms with E-state index >= 15 is 0 Å². The van der Waals surface area contributed by atoms with E-state index < -0.39 is 0 Å². The highest BCUT2D eigenvalue weighted by atomic mass is 32.2. The minimum Gasteiger partial charge on any atom is -0.379 e. The van der Waals surface area contributed by atoms with Crippen LogP contribution in [0.3, 0.4) is 0 Å². The molecular formula is C26H23N5O2S2. The van der Waals surface area contributed by atoms with Crippen LogP contribution in [0.5, 0.6) is 0 Å². The standard InChI is InChI=1S/C26H23N5O2S2/c32-25-14-19(31-8-10-33-11-9-31)13-21(30-25)20-2-1-3-23-26(20)35-22-5-4-17(12-24(22)34-23)28-15-18-6-7-27-16-29-18/h1-7,12-14,16,28H,8-11,15H2,(H,30,32). The van der Waals surface area contributed by atoms with Crippen LogP contribution in [-0.4, -0.2) is 41.3 Å². The van der Waals surface area contributed by atoms with Crippen molar-refractivity contribution in [3.05, 3.63) is 83.2 Å². The zero-order valence-electron chi connectivity index (χ0n) is 18.9. The highest BCUT2D eigenvalue weighted by Crippen LogP contribution is 2.52. The van der Waals surface area contributed by atoms with Gasteiger partial charge in [-0.1, -0.05) is 35.7 Å². The van der Waals surface area contributed by atoms with Gasteiger partial charge in [0.25, 0.3) is 0 Å². The zero-order chi connectivity index (χ0) is 23.6. The number of ether oxygens (including phenoxy) is 1. The van der Waals surface area contributed by atoms with Gasteiger partial charge >= 0.3 is 0 Å². The van der Waals surface area contributed by atoms with Crippen LogP contribution in [0.1, 0.15) is 5.69 Å². The average Bonchev–Trinajstić information content (AvgIpc) is 2.91. The van der Waals surface area contributed by atoms with E-state index in [1.54, 1.807) is 42.1 Å². The molecule has 6 rings (SSSR count). The van der Waals surface area contributed by atoms with E-state index in [2.05, 4.69) is 67.6 Å². The summed E-state index contributed by atoms with van der Waals surface area (Å²) in [6.07, 6.45) is 3.32. The molecule has 2 aliphatic heterocycles. The molecule has 7 nitrogen and oxygen atoms in total. The molecule has 2 N–H and O–H groups in total. The third-order valence-electron chi connectivity index (χ3n) is 5.97. The number of H-pyrrole nitrogens is 1. The highest BCUT2D eigenvalue weighted by Gasteiger charge is 2.22. The highest BCUT2D eigenvalue weighted by molar-refractivity contribution is 8.05. The van der Waals surface area contributed by atoms with Gasteiger partial charge in [0.2, 0.25) is 5.56 Å². The fourth-order valence-corrected chi connectivity index (χ4v) is 6.63. The smallest absolute Gasteiger partial charge is 0.250 e. The Morgan fingerprint density at radius 1 is 1.00 bits per heavy atom. The van der Waals surface area contributed by atoms with Gasteiger partial charge in [0.15, 0.2) is 0 Å². The zero-order valence-corrected chi connectivity index (χ0v) is 20.5. The summed E-state index contributed by atoms with van der Waals surface area (Å²) < 4.78 is 5.48. The van der Waals surface area contributed by atoms with Crippen molar-refractivity contribution >= 4 is 34.9 Å². The monoisotopic (exact) mass is 501 g/mol. The number of nitrogens with one attached hydrogen (secondary N) is 2. The molecule has 0 saturated carbocycles. The van der Waals surface area contributed by atoms with E-state index in [1.807, 2.05) is 6.07 Å². The van der Waals surface area contributed by atoms with E-state index in [9.17, 15) is 4.79 Å². The normalized spacial score (nSPS) is 14.8. The van der Waals surface area contributed by atoms with Crippen LogP contribution in [0.25, 0.3) is 11.3 Å². The first-order valence-electron chi connectivity index (χ1n) is 11.4. The van der Waals surface area contributed by atoms with Gasteiger partial charge in [0, 0.05) is 61.9 Å². The van der Waals surface area contributed by atoms with Gasteiger partial charge in [-0.2, -0.15) is 0 Å². The number of rotatable bonds is 5. The lowest BCUT2D eigenvalue weighted by molar-refractivity contribution is 0.122. The van der Waals surface area contributed by atoms with E-state index in [-0.39, 0.29) is 5.56 Å². The van der Waals surface area contributed by atoms with Gasteiger partial charge in [-0.3, -0.25) is 4.79 Å². The summed E-state index contributed by atoms with van der Waals surface area (Å²) in [5.41, 5.74) is 4.74. The Balaban J connectivity index is 1.27. The largest absolute Gasteiger partial charge is 0.379 e. The third kappa shape index (κ3) is 4.80. The van der Waals surface area contributed by atoms with Crippen LogP contribution in [0, 0.1) is 0 Å². The lowest BCUT2D eigenvalue weighted by atomic mass is 10.1. The molecule has 2 aromatic heterocycles. The molecule has 1 saturated heterocycles. The summed E-state index contributed by atoms with van der Waals surface area (Å²) in [5, 5.41) is 3.45. The van der Waals surface area contributed by atoms with Crippen molar-refractivity contribution in [2.24, 2.45) is 0 Å². The molecule has 9 heteroatoms. The van der Waals surface area contributed by atoms with Gasteiger partial charge in [0.05, 0.1) is 31.1 Å². The fraction of sp³-hybridized carbons (Fsp3) is 0.192. The number of anilines is 2. The maximum absolute atomic E-state index is 12.6. The number of benzene rings is 2. The van der Waals surface area contributed by atoms with Gasteiger partial charge in [-0.05, 0) is 36.4 Å². The van der Waals surface area contributed by atoms with Crippen molar-refractivity contribution in [1.82, 2.24) is 15.0 Å². The van der Waals surface area contributed by atoms with Crippen LogP contribution in [0.15, 0.2) is 91.5 Å². The summed E-state index contributed by atoms with van der Waals surface area (Å²) in [6, 6.07) is 18.4. The molecular weight excluding hydrogens is 478 g/mol. The van der Waals surface area contributed by atoms with E-state index in [1.165, 1.54) is 19.6 Å². The lowest BCUT2D eigenvalue weighted by Gasteiger charge is -2.29. The molecule has 0 unspecified atom stereocenters. The van der Waals surface area contributed by atoms with Crippen molar-refractivity contribution in [2.45, 2.75) is 26.1 Å². The Bertz CT molecular complexity index is 1420. The third-order valence-corrected chi connectivity index (χ3v) is 8.56. The number of morpholine rings is 1. The second-order valence-corrected chi connectivity index (χ2v) is 10.4. The van der Waals surface area contributed by atoms with Gasteiger partial charge in [-0.15, -0.1) is 0 Å². The van der Waals surface area contributed by atoms with Gasteiger partial charge in [0.1, 0.15) is 6.33 Å². The Labute approximate surface area is 211 Å². The first-order chi connectivity index (χ1) is 17.2. The second kappa shape index (κ2) is 9.77. The molecule has 2 aliphatic rings.